The number of hydrogen-bond acceptors (Lipinski definition) is 4. The zero-order chi connectivity index (χ0) is 12.8. The number of nitrogens with one attached hydrogen (secondary N) is 1. The summed E-state index contributed by atoms with van der Waals surface area (Å²) in [6.45, 7) is 5.79. The molecule has 0 radical (unpaired) electrons. The van der Waals surface area contributed by atoms with E-state index >= 15 is 0 Å². The second-order valence-electron chi connectivity index (χ2n) is 4.34. The SMILES string of the molecule is CCSCCCNC(C)c1ccc2c(c1)OCO2. The van der Waals surface area contributed by atoms with Crippen molar-refractivity contribution in [2.75, 3.05) is 24.8 Å². The molecule has 3 nitrogen and oxygen atoms in total. The number of hydrogen-bond donors (Lipinski definition) is 1. The Hall–Kier alpha value is -0.870. The van der Waals surface area contributed by atoms with Crippen LogP contribution in [0.2, 0.25) is 0 Å². The summed E-state index contributed by atoms with van der Waals surface area (Å²) < 4.78 is 10.7. The molecule has 1 unspecified atom stereocenters. The second-order valence-corrected chi connectivity index (χ2v) is 5.73. The topological polar surface area (TPSA) is 30.5 Å². The van der Waals surface area contributed by atoms with Crippen molar-refractivity contribution < 1.29 is 9.47 Å². The van der Waals surface area contributed by atoms with E-state index in [0.29, 0.717) is 12.8 Å². The molecule has 18 heavy (non-hydrogen) atoms. The van der Waals surface area contributed by atoms with Gasteiger partial charge >= 0.3 is 0 Å². The lowest BCUT2D eigenvalue weighted by atomic mass is 10.1. The Morgan fingerprint density at radius 2 is 2.17 bits per heavy atom. The van der Waals surface area contributed by atoms with Gasteiger partial charge in [-0.25, -0.2) is 0 Å². The van der Waals surface area contributed by atoms with Crippen LogP contribution in [0.15, 0.2) is 18.2 Å². The standard InChI is InChI=1S/C14H21NO2S/c1-3-18-8-4-7-15-11(2)12-5-6-13-14(9-12)17-10-16-13/h5-6,9,11,15H,3-4,7-8,10H2,1-2H3. The van der Waals surface area contributed by atoms with Crippen LogP contribution in [0.25, 0.3) is 0 Å². The van der Waals surface area contributed by atoms with E-state index in [1.807, 2.05) is 17.8 Å². The van der Waals surface area contributed by atoms with Crippen LogP contribution >= 0.6 is 11.8 Å². The molecule has 1 N–H and O–H groups in total. The van der Waals surface area contributed by atoms with E-state index in [1.54, 1.807) is 0 Å². The number of thioether (sulfide) groups is 1. The van der Waals surface area contributed by atoms with E-state index in [2.05, 4.69) is 31.3 Å². The molecule has 0 saturated heterocycles. The van der Waals surface area contributed by atoms with Crippen LogP contribution < -0.4 is 14.8 Å². The first-order chi connectivity index (χ1) is 8.81. The first kappa shape index (κ1) is 13.6. The monoisotopic (exact) mass is 267 g/mol. The summed E-state index contributed by atoms with van der Waals surface area (Å²) in [7, 11) is 0. The minimum Gasteiger partial charge on any atom is -0.454 e. The molecule has 0 fully saturated rings. The lowest BCUT2D eigenvalue weighted by Gasteiger charge is -2.14. The van der Waals surface area contributed by atoms with Gasteiger partial charge in [0, 0.05) is 6.04 Å². The summed E-state index contributed by atoms with van der Waals surface area (Å²) >= 11 is 2.00. The Labute approximate surface area is 113 Å². The molecule has 0 amide bonds. The smallest absolute Gasteiger partial charge is 0.231 e. The molecule has 0 aromatic heterocycles. The third-order valence-corrected chi connectivity index (χ3v) is 4.00. The average Bonchev–Trinajstić information content (AvgIpc) is 2.85. The van der Waals surface area contributed by atoms with Crippen LogP contribution in [-0.2, 0) is 0 Å². The summed E-state index contributed by atoms with van der Waals surface area (Å²) in [5.74, 6) is 4.16. The number of benzene rings is 1. The molecule has 1 aliphatic rings. The Morgan fingerprint density at radius 1 is 1.33 bits per heavy atom. The molecule has 1 aromatic carbocycles. The molecule has 2 rings (SSSR count). The van der Waals surface area contributed by atoms with Gasteiger partial charge in [0.1, 0.15) is 0 Å². The molecule has 0 saturated carbocycles. The lowest BCUT2D eigenvalue weighted by Crippen LogP contribution is -2.20. The summed E-state index contributed by atoms with van der Waals surface area (Å²) in [5.41, 5.74) is 1.25. The van der Waals surface area contributed by atoms with E-state index in [-0.39, 0.29) is 0 Å². The maximum Gasteiger partial charge on any atom is 0.231 e. The molecular formula is C14H21NO2S. The molecule has 1 heterocycles. The summed E-state index contributed by atoms with van der Waals surface area (Å²) in [4.78, 5) is 0. The van der Waals surface area contributed by atoms with Crippen molar-refractivity contribution in [3.05, 3.63) is 23.8 Å². The second kappa shape index (κ2) is 6.90. The van der Waals surface area contributed by atoms with E-state index in [1.165, 1.54) is 23.5 Å². The third kappa shape index (κ3) is 3.56. The van der Waals surface area contributed by atoms with Crippen molar-refractivity contribution >= 4 is 11.8 Å². The van der Waals surface area contributed by atoms with Gasteiger partial charge < -0.3 is 14.8 Å². The largest absolute Gasteiger partial charge is 0.454 e. The Kier molecular flexibility index (Phi) is 5.20. The fourth-order valence-electron chi connectivity index (χ4n) is 1.94. The molecule has 0 bridgehead atoms. The molecule has 1 atom stereocenters. The predicted octanol–water partition coefficient (Wildman–Crippen LogP) is 3.21. The molecule has 4 heteroatoms. The van der Waals surface area contributed by atoms with Crippen LogP contribution in [-0.4, -0.2) is 24.8 Å². The maximum atomic E-state index is 5.39. The van der Waals surface area contributed by atoms with Crippen LogP contribution in [0.3, 0.4) is 0 Å². The average molecular weight is 267 g/mol. The zero-order valence-corrected chi connectivity index (χ0v) is 11.9. The van der Waals surface area contributed by atoms with Crippen molar-refractivity contribution in [3.8, 4) is 11.5 Å². The van der Waals surface area contributed by atoms with Gasteiger partial charge in [0.05, 0.1) is 0 Å². The van der Waals surface area contributed by atoms with E-state index in [4.69, 9.17) is 9.47 Å². The zero-order valence-electron chi connectivity index (χ0n) is 11.1. The first-order valence-electron chi connectivity index (χ1n) is 6.52. The van der Waals surface area contributed by atoms with Crippen molar-refractivity contribution in [3.63, 3.8) is 0 Å². The number of rotatable bonds is 7. The van der Waals surface area contributed by atoms with Crippen molar-refractivity contribution in [1.29, 1.82) is 0 Å². The fourth-order valence-corrected chi connectivity index (χ4v) is 2.57. The molecule has 0 spiro atoms. The number of fused-ring (bicyclic) bond motifs is 1. The van der Waals surface area contributed by atoms with Crippen LogP contribution in [0.4, 0.5) is 0 Å². The van der Waals surface area contributed by atoms with Gasteiger partial charge in [0.25, 0.3) is 0 Å². The van der Waals surface area contributed by atoms with Gasteiger partial charge in [-0.05, 0) is 49.1 Å². The van der Waals surface area contributed by atoms with Gasteiger partial charge in [0.2, 0.25) is 6.79 Å². The fraction of sp³-hybridized carbons (Fsp3) is 0.571. The highest BCUT2D eigenvalue weighted by Gasteiger charge is 2.15. The Bertz CT molecular complexity index is 384. The Morgan fingerprint density at radius 3 is 3.00 bits per heavy atom. The predicted molar refractivity (Wildman–Crippen MR) is 76.6 cm³/mol. The first-order valence-corrected chi connectivity index (χ1v) is 7.67. The van der Waals surface area contributed by atoms with Crippen LogP contribution in [0.5, 0.6) is 11.5 Å². The highest BCUT2D eigenvalue weighted by molar-refractivity contribution is 7.99. The normalized spacial score (nSPS) is 14.8. The minimum atomic E-state index is 0.342. The molecule has 1 aliphatic heterocycles. The van der Waals surface area contributed by atoms with Gasteiger partial charge in [-0.1, -0.05) is 13.0 Å². The molecule has 0 aliphatic carbocycles. The van der Waals surface area contributed by atoms with E-state index in [0.717, 1.165) is 18.0 Å². The van der Waals surface area contributed by atoms with Gasteiger partial charge in [-0.3, -0.25) is 0 Å². The van der Waals surface area contributed by atoms with Gasteiger partial charge in [-0.2, -0.15) is 11.8 Å². The van der Waals surface area contributed by atoms with Gasteiger partial charge in [-0.15, -0.1) is 0 Å². The molecular weight excluding hydrogens is 246 g/mol. The van der Waals surface area contributed by atoms with Crippen molar-refractivity contribution in [1.82, 2.24) is 5.32 Å². The van der Waals surface area contributed by atoms with Crippen molar-refractivity contribution in [2.45, 2.75) is 26.3 Å². The summed E-state index contributed by atoms with van der Waals surface area (Å²) in [5, 5.41) is 3.54. The summed E-state index contributed by atoms with van der Waals surface area (Å²) in [6.07, 6.45) is 1.22. The Balaban J connectivity index is 1.80. The maximum absolute atomic E-state index is 5.39. The molecule has 1 aromatic rings. The van der Waals surface area contributed by atoms with Crippen molar-refractivity contribution in [2.24, 2.45) is 0 Å². The van der Waals surface area contributed by atoms with Crippen LogP contribution in [0, 0.1) is 0 Å². The highest BCUT2D eigenvalue weighted by atomic mass is 32.2. The lowest BCUT2D eigenvalue weighted by molar-refractivity contribution is 0.174. The third-order valence-electron chi connectivity index (χ3n) is 3.02. The van der Waals surface area contributed by atoms with Crippen LogP contribution in [0.1, 0.15) is 31.9 Å². The molecule has 100 valence electrons. The van der Waals surface area contributed by atoms with E-state index < -0.39 is 0 Å². The summed E-state index contributed by atoms with van der Waals surface area (Å²) in [6, 6.07) is 6.52. The minimum absolute atomic E-state index is 0.342. The van der Waals surface area contributed by atoms with Gasteiger partial charge in [0.15, 0.2) is 11.5 Å². The quantitative estimate of drug-likeness (QED) is 0.768. The number of ether oxygens (including phenoxy) is 2. The van der Waals surface area contributed by atoms with E-state index in [9.17, 15) is 0 Å². The highest BCUT2D eigenvalue weighted by Crippen LogP contribution is 2.34.